The van der Waals surface area contributed by atoms with E-state index in [1.54, 1.807) is 6.07 Å². The first-order chi connectivity index (χ1) is 12.9. The number of aromatic nitrogens is 2. The van der Waals surface area contributed by atoms with Crippen molar-refractivity contribution in [2.75, 3.05) is 29.9 Å². The minimum absolute atomic E-state index is 0.0837. The highest BCUT2D eigenvalue weighted by molar-refractivity contribution is 5.92. The molecular formula is C21H28N4O2. The number of ether oxygens (including phenoxy) is 1. The van der Waals surface area contributed by atoms with E-state index in [1.807, 2.05) is 39.0 Å². The molecule has 2 aromatic rings. The van der Waals surface area contributed by atoms with Crippen molar-refractivity contribution in [1.82, 2.24) is 9.97 Å². The first kappa shape index (κ1) is 19.1. The molecule has 0 radical (unpaired) electrons. The Morgan fingerprint density at radius 2 is 2.07 bits per heavy atom. The van der Waals surface area contributed by atoms with Crippen LogP contribution in [0.3, 0.4) is 0 Å². The summed E-state index contributed by atoms with van der Waals surface area (Å²) in [6.07, 6.45) is 2.39. The van der Waals surface area contributed by atoms with E-state index >= 15 is 0 Å². The number of benzene rings is 1. The number of piperidine rings is 1. The fourth-order valence-electron chi connectivity index (χ4n) is 3.39. The van der Waals surface area contributed by atoms with Gasteiger partial charge in [-0.1, -0.05) is 24.6 Å². The fourth-order valence-corrected chi connectivity index (χ4v) is 3.39. The van der Waals surface area contributed by atoms with E-state index in [0.29, 0.717) is 17.7 Å². The van der Waals surface area contributed by atoms with Gasteiger partial charge in [0.05, 0.1) is 0 Å². The average molecular weight is 368 g/mol. The number of nitrogens with zero attached hydrogens (tertiary/aromatic N) is 3. The Balaban J connectivity index is 1.62. The molecule has 1 amide bonds. The number of nitrogens with one attached hydrogen (secondary N) is 1. The van der Waals surface area contributed by atoms with Gasteiger partial charge in [0, 0.05) is 30.5 Å². The lowest BCUT2D eigenvalue weighted by Crippen LogP contribution is -2.35. The van der Waals surface area contributed by atoms with Crippen LogP contribution in [-0.4, -0.2) is 35.6 Å². The summed E-state index contributed by atoms with van der Waals surface area (Å²) in [5.74, 6) is 1.56. The third-order valence-electron chi connectivity index (χ3n) is 4.77. The summed E-state index contributed by atoms with van der Waals surface area (Å²) in [5.41, 5.74) is 3.83. The van der Waals surface area contributed by atoms with Crippen LogP contribution >= 0.6 is 0 Å². The van der Waals surface area contributed by atoms with E-state index in [2.05, 4.69) is 27.1 Å². The second-order valence-electron chi connectivity index (χ2n) is 7.50. The Morgan fingerprint density at radius 3 is 2.81 bits per heavy atom. The van der Waals surface area contributed by atoms with Crippen LogP contribution in [0.1, 0.15) is 36.6 Å². The number of carbonyl (C=O) groups is 1. The summed E-state index contributed by atoms with van der Waals surface area (Å²) in [6, 6.07) is 7.69. The number of carbonyl (C=O) groups excluding carboxylic acids is 1. The third-order valence-corrected chi connectivity index (χ3v) is 4.77. The molecule has 1 aromatic carbocycles. The van der Waals surface area contributed by atoms with Gasteiger partial charge in [-0.15, -0.1) is 0 Å². The van der Waals surface area contributed by atoms with Gasteiger partial charge < -0.3 is 15.0 Å². The van der Waals surface area contributed by atoms with Crippen LogP contribution < -0.4 is 15.0 Å². The van der Waals surface area contributed by atoms with E-state index in [1.165, 1.54) is 6.42 Å². The summed E-state index contributed by atoms with van der Waals surface area (Å²) in [7, 11) is 0. The quantitative estimate of drug-likeness (QED) is 0.872. The Morgan fingerprint density at radius 1 is 1.26 bits per heavy atom. The Bertz CT molecular complexity index is 822. The number of amides is 1. The molecule has 1 saturated heterocycles. The second-order valence-corrected chi connectivity index (χ2v) is 7.50. The molecule has 1 aliphatic heterocycles. The van der Waals surface area contributed by atoms with Crippen molar-refractivity contribution in [2.45, 2.75) is 40.5 Å². The molecule has 2 heterocycles. The zero-order valence-corrected chi connectivity index (χ0v) is 16.6. The first-order valence-corrected chi connectivity index (χ1v) is 9.51. The summed E-state index contributed by atoms with van der Waals surface area (Å²) in [4.78, 5) is 23.5. The molecular weight excluding hydrogens is 340 g/mol. The highest BCUT2D eigenvalue weighted by Gasteiger charge is 2.19. The lowest BCUT2D eigenvalue weighted by atomic mass is 10.0. The van der Waals surface area contributed by atoms with E-state index in [0.717, 1.165) is 42.0 Å². The van der Waals surface area contributed by atoms with Gasteiger partial charge in [-0.2, -0.15) is 4.98 Å². The van der Waals surface area contributed by atoms with Crippen molar-refractivity contribution in [3.63, 3.8) is 0 Å². The van der Waals surface area contributed by atoms with Crippen molar-refractivity contribution in [1.29, 1.82) is 0 Å². The second kappa shape index (κ2) is 8.37. The van der Waals surface area contributed by atoms with Crippen LogP contribution in [0.2, 0.25) is 0 Å². The molecule has 144 valence electrons. The topological polar surface area (TPSA) is 67.3 Å². The van der Waals surface area contributed by atoms with Crippen LogP contribution in [0.25, 0.3) is 0 Å². The number of aryl methyl sites for hydroxylation is 3. The monoisotopic (exact) mass is 368 g/mol. The number of rotatable bonds is 5. The predicted octanol–water partition coefficient (Wildman–Crippen LogP) is 3.66. The number of hydrogen-bond donors (Lipinski definition) is 1. The fraction of sp³-hybridized carbons (Fsp3) is 0.476. The van der Waals surface area contributed by atoms with Crippen molar-refractivity contribution in [2.24, 2.45) is 5.92 Å². The largest absolute Gasteiger partial charge is 0.467 e. The zero-order valence-electron chi connectivity index (χ0n) is 16.6. The van der Waals surface area contributed by atoms with Gasteiger partial charge in [-0.05, 0) is 51.2 Å². The van der Waals surface area contributed by atoms with Crippen molar-refractivity contribution in [3.8, 4) is 5.88 Å². The van der Waals surface area contributed by atoms with Gasteiger partial charge in [-0.3, -0.25) is 4.79 Å². The van der Waals surface area contributed by atoms with Crippen LogP contribution in [-0.2, 0) is 4.79 Å². The molecule has 1 atom stereocenters. The molecule has 1 aromatic heterocycles. The molecule has 0 unspecified atom stereocenters. The van der Waals surface area contributed by atoms with Gasteiger partial charge in [-0.25, -0.2) is 4.98 Å². The van der Waals surface area contributed by atoms with Gasteiger partial charge in [0.2, 0.25) is 11.8 Å². The molecule has 0 saturated carbocycles. The van der Waals surface area contributed by atoms with Gasteiger partial charge in [0.1, 0.15) is 0 Å². The lowest BCUT2D eigenvalue weighted by Gasteiger charge is -2.31. The van der Waals surface area contributed by atoms with E-state index < -0.39 is 0 Å². The SMILES string of the molecule is Cc1ccc(NC(=O)COc2cc(C)nc(N3CCC[C@H](C)C3)n2)c(C)c1. The highest BCUT2D eigenvalue weighted by atomic mass is 16.5. The Kier molecular flexibility index (Phi) is 5.94. The summed E-state index contributed by atoms with van der Waals surface area (Å²) < 4.78 is 5.65. The Hall–Kier alpha value is -2.63. The highest BCUT2D eigenvalue weighted by Crippen LogP contribution is 2.22. The van der Waals surface area contributed by atoms with E-state index in [4.69, 9.17) is 4.74 Å². The molecule has 3 rings (SSSR count). The zero-order chi connectivity index (χ0) is 19.4. The number of hydrogen-bond acceptors (Lipinski definition) is 5. The van der Waals surface area contributed by atoms with Crippen LogP contribution in [0, 0.1) is 26.7 Å². The molecule has 0 bridgehead atoms. The average Bonchev–Trinajstić information content (AvgIpc) is 2.62. The third kappa shape index (κ3) is 5.18. The normalized spacial score (nSPS) is 16.9. The van der Waals surface area contributed by atoms with Crippen LogP contribution in [0.4, 0.5) is 11.6 Å². The van der Waals surface area contributed by atoms with E-state index in [9.17, 15) is 4.79 Å². The molecule has 6 heteroatoms. The molecule has 0 spiro atoms. The van der Waals surface area contributed by atoms with Crippen LogP contribution in [0.5, 0.6) is 5.88 Å². The molecule has 0 aliphatic carbocycles. The predicted molar refractivity (Wildman–Crippen MR) is 107 cm³/mol. The lowest BCUT2D eigenvalue weighted by molar-refractivity contribution is -0.118. The molecule has 1 aliphatic rings. The Labute approximate surface area is 161 Å². The standard InChI is InChI=1S/C21H28N4O2/c1-14-7-8-18(16(3)10-14)23-19(26)13-27-20-11-17(4)22-21(24-20)25-9-5-6-15(2)12-25/h7-8,10-11,15H,5-6,9,12-13H2,1-4H3,(H,23,26)/t15-/m0/s1. The minimum atomic E-state index is -0.202. The maximum atomic E-state index is 12.2. The molecule has 6 nitrogen and oxygen atoms in total. The van der Waals surface area contributed by atoms with Gasteiger partial charge in [0.25, 0.3) is 5.91 Å². The van der Waals surface area contributed by atoms with Gasteiger partial charge in [0.15, 0.2) is 6.61 Å². The molecule has 1 N–H and O–H groups in total. The maximum absolute atomic E-state index is 12.2. The number of anilines is 2. The smallest absolute Gasteiger partial charge is 0.262 e. The van der Waals surface area contributed by atoms with Crippen LogP contribution in [0.15, 0.2) is 24.3 Å². The van der Waals surface area contributed by atoms with Crippen molar-refractivity contribution < 1.29 is 9.53 Å². The first-order valence-electron chi connectivity index (χ1n) is 9.51. The maximum Gasteiger partial charge on any atom is 0.262 e. The van der Waals surface area contributed by atoms with Gasteiger partial charge >= 0.3 is 0 Å². The molecule has 27 heavy (non-hydrogen) atoms. The van der Waals surface area contributed by atoms with Crippen molar-refractivity contribution >= 4 is 17.5 Å². The molecule has 1 fully saturated rings. The summed E-state index contributed by atoms with van der Waals surface area (Å²) in [6.45, 7) is 10.00. The summed E-state index contributed by atoms with van der Waals surface area (Å²) >= 11 is 0. The minimum Gasteiger partial charge on any atom is -0.467 e. The summed E-state index contributed by atoms with van der Waals surface area (Å²) in [5, 5.41) is 2.89. The van der Waals surface area contributed by atoms with Crippen molar-refractivity contribution in [3.05, 3.63) is 41.1 Å². The van der Waals surface area contributed by atoms with E-state index in [-0.39, 0.29) is 12.5 Å².